The Balaban J connectivity index is 2.73. The van der Waals surface area contributed by atoms with Gasteiger partial charge in [0.1, 0.15) is 5.60 Å². The van der Waals surface area contributed by atoms with Gasteiger partial charge in [-0.2, -0.15) is 0 Å². The maximum Gasteiger partial charge on any atom is 0.412 e. The monoisotopic (exact) mass is 285 g/mol. The average molecular weight is 286 g/mol. The van der Waals surface area contributed by atoms with Crippen molar-refractivity contribution in [2.75, 3.05) is 11.9 Å². The van der Waals surface area contributed by atoms with Crippen LogP contribution >= 0.6 is 11.6 Å². The Morgan fingerprint density at radius 2 is 2.11 bits per heavy atom. The molecule has 0 aromatic heterocycles. The van der Waals surface area contributed by atoms with E-state index in [1.807, 2.05) is 6.07 Å². The fourth-order valence-corrected chi connectivity index (χ4v) is 1.69. The van der Waals surface area contributed by atoms with E-state index in [2.05, 4.69) is 5.32 Å². The highest BCUT2D eigenvalue weighted by molar-refractivity contribution is 6.33. The van der Waals surface area contributed by atoms with Crippen molar-refractivity contribution < 1.29 is 14.6 Å². The Morgan fingerprint density at radius 3 is 2.68 bits per heavy atom. The van der Waals surface area contributed by atoms with Gasteiger partial charge in [0.05, 0.1) is 10.7 Å². The second-order valence-corrected chi connectivity index (χ2v) is 5.68. The quantitative estimate of drug-likeness (QED) is 0.888. The van der Waals surface area contributed by atoms with E-state index in [1.165, 1.54) is 0 Å². The molecule has 1 aromatic rings. The fourth-order valence-electron chi connectivity index (χ4n) is 1.52. The Labute approximate surface area is 118 Å². The van der Waals surface area contributed by atoms with E-state index in [4.69, 9.17) is 21.4 Å². The molecule has 106 valence electrons. The molecular weight excluding hydrogens is 266 g/mol. The molecule has 0 heterocycles. The summed E-state index contributed by atoms with van der Waals surface area (Å²) in [4.78, 5) is 11.7. The molecule has 0 aliphatic rings. The van der Waals surface area contributed by atoms with Gasteiger partial charge in [-0.1, -0.05) is 17.7 Å². The SMILES string of the molecule is CC(C)(C)OC(=O)Nc1cc(CCCO)ccc1Cl. The first kappa shape index (κ1) is 15.8. The molecule has 4 nitrogen and oxygen atoms in total. The first-order valence-corrected chi connectivity index (χ1v) is 6.59. The van der Waals surface area contributed by atoms with Gasteiger partial charge < -0.3 is 9.84 Å². The highest BCUT2D eigenvalue weighted by atomic mass is 35.5. The van der Waals surface area contributed by atoms with E-state index in [1.54, 1.807) is 32.9 Å². The highest BCUT2D eigenvalue weighted by Gasteiger charge is 2.17. The van der Waals surface area contributed by atoms with Crippen molar-refractivity contribution in [3.05, 3.63) is 28.8 Å². The first-order valence-electron chi connectivity index (χ1n) is 6.21. The molecule has 5 heteroatoms. The fraction of sp³-hybridized carbons (Fsp3) is 0.500. The van der Waals surface area contributed by atoms with Crippen LogP contribution in [-0.2, 0) is 11.2 Å². The number of nitrogens with one attached hydrogen (secondary N) is 1. The molecule has 0 bridgehead atoms. The van der Waals surface area contributed by atoms with E-state index >= 15 is 0 Å². The van der Waals surface area contributed by atoms with E-state index < -0.39 is 11.7 Å². The standard InChI is InChI=1S/C14H20ClNO3/c1-14(2,3)19-13(18)16-12-9-10(5-4-8-17)6-7-11(12)15/h6-7,9,17H,4-5,8H2,1-3H3,(H,16,18). The molecule has 0 radical (unpaired) electrons. The van der Waals surface area contributed by atoms with Gasteiger partial charge in [0.25, 0.3) is 0 Å². The number of carbonyl (C=O) groups excluding carboxylic acids is 1. The minimum absolute atomic E-state index is 0.136. The number of aliphatic hydroxyl groups excluding tert-OH is 1. The minimum Gasteiger partial charge on any atom is -0.444 e. The average Bonchev–Trinajstić information content (AvgIpc) is 2.27. The predicted octanol–water partition coefficient (Wildman–Crippen LogP) is 3.61. The van der Waals surface area contributed by atoms with Crippen LogP contribution in [0.4, 0.5) is 10.5 Å². The van der Waals surface area contributed by atoms with Gasteiger partial charge in [-0.15, -0.1) is 0 Å². The molecular formula is C14H20ClNO3. The molecule has 19 heavy (non-hydrogen) atoms. The predicted molar refractivity (Wildman–Crippen MR) is 76.7 cm³/mol. The summed E-state index contributed by atoms with van der Waals surface area (Å²) in [5.74, 6) is 0. The Hall–Kier alpha value is -1.26. The van der Waals surface area contributed by atoms with Gasteiger partial charge in [0.15, 0.2) is 0 Å². The molecule has 0 saturated heterocycles. The maximum absolute atomic E-state index is 11.7. The zero-order valence-corrected chi connectivity index (χ0v) is 12.3. The number of anilines is 1. The van der Waals surface area contributed by atoms with E-state index in [9.17, 15) is 4.79 Å². The summed E-state index contributed by atoms with van der Waals surface area (Å²) in [6.07, 6.45) is 0.873. The van der Waals surface area contributed by atoms with Crippen molar-refractivity contribution in [2.24, 2.45) is 0 Å². The third-order valence-corrected chi connectivity index (χ3v) is 2.62. The minimum atomic E-state index is -0.551. The lowest BCUT2D eigenvalue weighted by Crippen LogP contribution is -2.27. The lowest BCUT2D eigenvalue weighted by Gasteiger charge is -2.20. The number of aliphatic hydroxyl groups is 1. The van der Waals surface area contributed by atoms with E-state index in [0.29, 0.717) is 17.1 Å². The summed E-state index contributed by atoms with van der Waals surface area (Å²) >= 11 is 6.03. The van der Waals surface area contributed by atoms with Crippen LogP contribution < -0.4 is 5.32 Å². The van der Waals surface area contributed by atoms with Crippen LogP contribution in [0.3, 0.4) is 0 Å². The van der Waals surface area contributed by atoms with Gasteiger partial charge in [-0.05, 0) is 51.3 Å². The van der Waals surface area contributed by atoms with Crippen LogP contribution in [0, 0.1) is 0 Å². The molecule has 0 aliphatic heterocycles. The third kappa shape index (κ3) is 5.94. The summed E-state index contributed by atoms with van der Waals surface area (Å²) in [6.45, 7) is 5.53. The highest BCUT2D eigenvalue weighted by Crippen LogP contribution is 2.24. The van der Waals surface area contributed by atoms with Crippen molar-refractivity contribution in [3.8, 4) is 0 Å². The maximum atomic E-state index is 11.7. The number of amides is 1. The number of rotatable bonds is 4. The topological polar surface area (TPSA) is 58.6 Å². The Bertz CT molecular complexity index is 441. The van der Waals surface area contributed by atoms with Crippen molar-refractivity contribution in [2.45, 2.75) is 39.2 Å². The first-order chi connectivity index (χ1) is 8.81. The number of halogens is 1. The smallest absolute Gasteiger partial charge is 0.412 e. The summed E-state index contributed by atoms with van der Waals surface area (Å²) in [5, 5.41) is 11.9. The molecule has 0 unspecified atom stereocenters. The van der Waals surface area contributed by atoms with Crippen molar-refractivity contribution in [1.82, 2.24) is 0 Å². The lowest BCUT2D eigenvalue weighted by molar-refractivity contribution is 0.0636. The zero-order chi connectivity index (χ0) is 14.5. The van der Waals surface area contributed by atoms with Crippen LogP contribution in [0.15, 0.2) is 18.2 Å². The van der Waals surface area contributed by atoms with E-state index in [-0.39, 0.29) is 6.61 Å². The van der Waals surface area contributed by atoms with Gasteiger partial charge in [-0.3, -0.25) is 5.32 Å². The number of hydrogen-bond donors (Lipinski definition) is 2. The van der Waals surface area contributed by atoms with Gasteiger partial charge in [0.2, 0.25) is 0 Å². The number of carbonyl (C=O) groups is 1. The Kier molecular flexibility index (Phi) is 5.63. The molecule has 0 atom stereocenters. The molecule has 0 fully saturated rings. The lowest BCUT2D eigenvalue weighted by atomic mass is 10.1. The zero-order valence-electron chi connectivity index (χ0n) is 11.5. The van der Waals surface area contributed by atoms with Crippen LogP contribution in [-0.4, -0.2) is 23.4 Å². The van der Waals surface area contributed by atoms with Crippen LogP contribution in [0.25, 0.3) is 0 Å². The molecule has 1 amide bonds. The van der Waals surface area contributed by atoms with Gasteiger partial charge in [0, 0.05) is 6.61 Å². The number of hydrogen-bond acceptors (Lipinski definition) is 3. The second-order valence-electron chi connectivity index (χ2n) is 5.27. The largest absolute Gasteiger partial charge is 0.444 e. The molecule has 0 aliphatic carbocycles. The molecule has 0 saturated carbocycles. The molecule has 1 rings (SSSR count). The summed E-state index contributed by atoms with van der Waals surface area (Å²) in [6, 6.07) is 5.39. The summed E-state index contributed by atoms with van der Waals surface area (Å²) in [5.41, 5.74) is 0.973. The summed E-state index contributed by atoms with van der Waals surface area (Å²) in [7, 11) is 0. The van der Waals surface area contributed by atoms with Gasteiger partial charge >= 0.3 is 6.09 Å². The van der Waals surface area contributed by atoms with Crippen LogP contribution in [0.1, 0.15) is 32.8 Å². The number of benzene rings is 1. The molecule has 0 spiro atoms. The summed E-state index contributed by atoms with van der Waals surface area (Å²) < 4.78 is 5.17. The number of ether oxygens (including phenoxy) is 1. The normalized spacial score (nSPS) is 11.2. The van der Waals surface area contributed by atoms with Crippen molar-refractivity contribution in [3.63, 3.8) is 0 Å². The molecule has 2 N–H and O–H groups in total. The second kappa shape index (κ2) is 6.78. The van der Waals surface area contributed by atoms with Crippen molar-refractivity contribution in [1.29, 1.82) is 0 Å². The van der Waals surface area contributed by atoms with Gasteiger partial charge in [-0.25, -0.2) is 4.79 Å². The van der Waals surface area contributed by atoms with Crippen LogP contribution in [0.5, 0.6) is 0 Å². The Morgan fingerprint density at radius 1 is 1.42 bits per heavy atom. The molecule has 1 aromatic carbocycles. The third-order valence-electron chi connectivity index (χ3n) is 2.29. The number of aryl methyl sites for hydroxylation is 1. The van der Waals surface area contributed by atoms with Crippen LogP contribution in [0.2, 0.25) is 5.02 Å². The van der Waals surface area contributed by atoms with Crippen molar-refractivity contribution >= 4 is 23.4 Å². The van der Waals surface area contributed by atoms with E-state index in [0.717, 1.165) is 12.0 Å².